The van der Waals surface area contributed by atoms with Crippen molar-refractivity contribution in [3.63, 3.8) is 0 Å². The summed E-state index contributed by atoms with van der Waals surface area (Å²) in [6.07, 6.45) is 1.32. The van der Waals surface area contributed by atoms with Crippen LogP contribution in [-0.4, -0.2) is 31.3 Å². The van der Waals surface area contributed by atoms with Crippen molar-refractivity contribution in [2.45, 2.75) is 31.9 Å². The standard InChI is InChI=1S/C14H20N2O3/c1-10-13(6-8-18-10)16-14(17)7-9-19-12-4-2-11(15)3-5-12/h2-5,10,13H,6-9,15H2,1H3,(H,16,17). The van der Waals surface area contributed by atoms with Crippen LogP contribution in [0, 0.1) is 0 Å². The number of amides is 1. The van der Waals surface area contributed by atoms with Crippen molar-refractivity contribution in [3.05, 3.63) is 24.3 Å². The van der Waals surface area contributed by atoms with Gasteiger partial charge in [-0.1, -0.05) is 0 Å². The summed E-state index contributed by atoms with van der Waals surface area (Å²) in [5.41, 5.74) is 6.27. The molecule has 2 unspecified atom stereocenters. The highest BCUT2D eigenvalue weighted by Gasteiger charge is 2.25. The lowest BCUT2D eigenvalue weighted by atomic mass is 10.1. The Hall–Kier alpha value is -1.75. The third kappa shape index (κ3) is 4.13. The fourth-order valence-corrected chi connectivity index (χ4v) is 2.03. The maximum atomic E-state index is 11.7. The summed E-state index contributed by atoms with van der Waals surface area (Å²) in [5, 5.41) is 2.96. The van der Waals surface area contributed by atoms with Gasteiger partial charge in [0.05, 0.1) is 25.2 Å². The van der Waals surface area contributed by atoms with E-state index in [0.29, 0.717) is 25.3 Å². The van der Waals surface area contributed by atoms with Crippen LogP contribution in [0.2, 0.25) is 0 Å². The average Bonchev–Trinajstić information content (AvgIpc) is 2.78. The number of nitrogens with one attached hydrogen (secondary N) is 1. The van der Waals surface area contributed by atoms with E-state index in [1.807, 2.05) is 6.92 Å². The number of hydrogen-bond acceptors (Lipinski definition) is 4. The van der Waals surface area contributed by atoms with E-state index in [4.69, 9.17) is 15.2 Å². The largest absolute Gasteiger partial charge is 0.493 e. The topological polar surface area (TPSA) is 73.6 Å². The zero-order valence-electron chi connectivity index (χ0n) is 11.1. The van der Waals surface area contributed by atoms with Crippen molar-refractivity contribution < 1.29 is 14.3 Å². The molecule has 2 rings (SSSR count). The molecule has 0 saturated carbocycles. The molecular weight excluding hydrogens is 244 g/mol. The zero-order chi connectivity index (χ0) is 13.7. The first-order valence-corrected chi connectivity index (χ1v) is 6.54. The Morgan fingerprint density at radius 3 is 2.84 bits per heavy atom. The molecule has 104 valence electrons. The van der Waals surface area contributed by atoms with E-state index in [1.165, 1.54) is 0 Å². The molecule has 5 nitrogen and oxygen atoms in total. The average molecular weight is 264 g/mol. The predicted octanol–water partition coefficient (Wildman–Crippen LogP) is 1.33. The first-order valence-electron chi connectivity index (χ1n) is 6.54. The Kier molecular flexibility index (Phi) is 4.63. The van der Waals surface area contributed by atoms with Crippen LogP contribution in [0.25, 0.3) is 0 Å². The SMILES string of the molecule is CC1OCCC1NC(=O)CCOc1ccc(N)cc1. The molecule has 1 aliphatic rings. The number of carbonyl (C=O) groups excluding carboxylic acids is 1. The highest BCUT2D eigenvalue weighted by atomic mass is 16.5. The van der Waals surface area contributed by atoms with Crippen LogP contribution < -0.4 is 15.8 Å². The molecule has 1 aliphatic heterocycles. The van der Waals surface area contributed by atoms with Gasteiger partial charge in [-0.05, 0) is 37.6 Å². The zero-order valence-corrected chi connectivity index (χ0v) is 11.1. The quantitative estimate of drug-likeness (QED) is 0.787. The van der Waals surface area contributed by atoms with Crippen molar-refractivity contribution in [2.24, 2.45) is 0 Å². The lowest BCUT2D eigenvalue weighted by Crippen LogP contribution is -2.39. The van der Waals surface area contributed by atoms with E-state index < -0.39 is 0 Å². The molecule has 2 atom stereocenters. The van der Waals surface area contributed by atoms with Gasteiger partial charge in [0.25, 0.3) is 0 Å². The number of ether oxygens (including phenoxy) is 2. The van der Waals surface area contributed by atoms with Crippen molar-refractivity contribution in [2.75, 3.05) is 18.9 Å². The minimum atomic E-state index is -0.00204. The summed E-state index contributed by atoms with van der Waals surface area (Å²) < 4.78 is 10.9. The van der Waals surface area contributed by atoms with Gasteiger partial charge < -0.3 is 20.5 Å². The molecule has 1 amide bonds. The Balaban J connectivity index is 1.67. The highest BCUT2D eigenvalue weighted by molar-refractivity contribution is 5.76. The third-order valence-electron chi connectivity index (χ3n) is 3.20. The van der Waals surface area contributed by atoms with Crippen molar-refractivity contribution in [3.8, 4) is 5.75 Å². The van der Waals surface area contributed by atoms with Crippen LogP contribution in [0.5, 0.6) is 5.75 Å². The van der Waals surface area contributed by atoms with Gasteiger partial charge in [0.15, 0.2) is 0 Å². The lowest BCUT2D eigenvalue weighted by molar-refractivity contribution is -0.122. The Morgan fingerprint density at radius 1 is 1.47 bits per heavy atom. The number of nitrogens with two attached hydrogens (primary N) is 1. The number of anilines is 1. The van der Waals surface area contributed by atoms with Crippen LogP contribution in [0.1, 0.15) is 19.8 Å². The van der Waals surface area contributed by atoms with Crippen LogP contribution in [0.4, 0.5) is 5.69 Å². The van der Waals surface area contributed by atoms with Crippen LogP contribution in [-0.2, 0) is 9.53 Å². The molecule has 5 heteroatoms. The minimum absolute atomic E-state index is 0.00204. The van der Waals surface area contributed by atoms with Crippen LogP contribution >= 0.6 is 0 Å². The summed E-state index contributed by atoms with van der Waals surface area (Å²) >= 11 is 0. The highest BCUT2D eigenvalue weighted by Crippen LogP contribution is 2.14. The summed E-state index contributed by atoms with van der Waals surface area (Å²) in [6.45, 7) is 3.05. The van der Waals surface area contributed by atoms with Gasteiger partial charge >= 0.3 is 0 Å². The summed E-state index contributed by atoms with van der Waals surface area (Å²) in [7, 11) is 0. The number of hydrogen-bond donors (Lipinski definition) is 2. The number of rotatable bonds is 5. The van der Waals surface area contributed by atoms with Gasteiger partial charge in [0.1, 0.15) is 5.75 Å². The maximum Gasteiger partial charge on any atom is 0.223 e. The van der Waals surface area contributed by atoms with E-state index in [1.54, 1.807) is 24.3 Å². The second kappa shape index (κ2) is 6.43. The second-order valence-electron chi connectivity index (χ2n) is 4.71. The van der Waals surface area contributed by atoms with Crippen molar-refractivity contribution in [1.82, 2.24) is 5.32 Å². The minimum Gasteiger partial charge on any atom is -0.493 e. The van der Waals surface area contributed by atoms with E-state index in [9.17, 15) is 4.79 Å². The normalized spacial score (nSPS) is 22.2. The molecule has 0 aliphatic carbocycles. The molecule has 1 fully saturated rings. The number of carbonyl (C=O) groups is 1. The molecule has 0 aromatic heterocycles. The monoisotopic (exact) mass is 264 g/mol. The van der Waals surface area contributed by atoms with E-state index >= 15 is 0 Å². The molecule has 1 heterocycles. The molecule has 1 saturated heterocycles. The van der Waals surface area contributed by atoms with E-state index in [0.717, 1.165) is 12.2 Å². The van der Waals surface area contributed by atoms with Gasteiger partial charge in [-0.15, -0.1) is 0 Å². The smallest absolute Gasteiger partial charge is 0.223 e. The van der Waals surface area contributed by atoms with Gasteiger partial charge in [0.2, 0.25) is 5.91 Å². The maximum absolute atomic E-state index is 11.7. The molecule has 0 radical (unpaired) electrons. The summed E-state index contributed by atoms with van der Waals surface area (Å²) in [5.74, 6) is 0.720. The molecule has 0 bridgehead atoms. The number of nitrogen functional groups attached to an aromatic ring is 1. The van der Waals surface area contributed by atoms with Crippen molar-refractivity contribution in [1.29, 1.82) is 0 Å². The van der Waals surface area contributed by atoms with Crippen LogP contribution in [0.15, 0.2) is 24.3 Å². The molecular formula is C14H20N2O3. The van der Waals surface area contributed by atoms with Crippen molar-refractivity contribution >= 4 is 11.6 Å². The third-order valence-corrected chi connectivity index (χ3v) is 3.20. The molecule has 19 heavy (non-hydrogen) atoms. The summed E-state index contributed by atoms with van der Waals surface area (Å²) in [4.78, 5) is 11.7. The van der Waals surface area contributed by atoms with Gasteiger partial charge in [-0.2, -0.15) is 0 Å². The van der Waals surface area contributed by atoms with E-state index in [-0.39, 0.29) is 18.1 Å². The molecule has 1 aromatic carbocycles. The Bertz CT molecular complexity index is 419. The molecule has 0 spiro atoms. The predicted molar refractivity (Wildman–Crippen MR) is 72.9 cm³/mol. The molecule has 1 aromatic rings. The fourth-order valence-electron chi connectivity index (χ4n) is 2.03. The Morgan fingerprint density at radius 2 is 2.21 bits per heavy atom. The first-order chi connectivity index (χ1) is 9.15. The number of benzene rings is 1. The van der Waals surface area contributed by atoms with Gasteiger partial charge in [0, 0.05) is 12.3 Å². The van der Waals surface area contributed by atoms with Gasteiger partial charge in [-0.25, -0.2) is 0 Å². The second-order valence-corrected chi connectivity index (χ2v) is 4.71. The van der Waals surface area contributed by atoms with E-state index in [2.05, 4.69) is 5.32 Å². The molecule has 3 N–H and O–H groups in total. The van der Waals surface area contributed by atoms with Crippen LogP contribution in [0.3, 0.4) is 0 Å². The lowest BCUT2D eigenvalue weighted by Gasteiger charge is -2.16. The van der Waals surface area contributed by atoms with Gasteiger partial charge in [-0.3, -0.25) is 4.79 Å². The Labute approximate surface area is 113 Å². The fraction of sp³-hybridized carbons (Fsp3) is 0.500. The first kappa shape index (κ1) is 13.7. The summed E-state index contributed by atoms with van der Waals surface area (Å²) in [6, 6.07) is 7.25.